The summed E-state index contributed by atoms with van der Waals surface area (Å²) in [5.74, 6) is -2.01. The number of aromatic carboxylic acids is 1. The standard InChI is InChI=1S/C26H29FN8O7/c1-2-33-12-16(25(39)40)23(37)15-7-17(27)20(9-19(15)33)34-5-3-32(4-6-34)10-14-11-35(26(41)29-24(14)38)22-8-18(30-31-28)21(13-36)42-22/h7,9,11-12,18,21-22,36H,2-6,8,10,13H2,1H3,(H,39,40)(H,29,38,41)/t18-,21+,22+/m0/s1. The lowest BCUT2D eigenvalue weighted by Gasteiger charge is -2.36. The Morgan fingerprint density at radius 1 is 1.21 bits per heavy atom. The SMILES string of the molecule is CCn1cc(C(=O)O)c(=O)c2cc(F)c(N3CCN(Cc4cn([C@H]5C[C@H](N=[N+]=[N-])[C@@H](CO)O5)c(=O)[nH]c4=O)CC3)cc21. The van der Waals surface area contributed by atoms with Crippen LogP contribution in [0.2, 0.25) is 0 Å². The van der Waals surface area contributed by atoms with Crippen molar-refractivity contribution in [2.45, 2.75) is 44.8 Å². The Bertz CT molecular complexity index is 1750. The van der Waals surface area contributed by atoms with Crippen LogP contribution >= 0.6 is 0 Å². The first-order valence-electron chi connectivity index (χ1n) is 13.4. The van der Waals surface area contributed by atoms with Gasteiger partial charge < -0.3 is 24.4 Å². The number of aryl methyl sites for hydroxylation is 1. The number of carboxylic acids is 1. The van der Waals surface area contributed by atoms with Gasteiger partial charge in [0.25, 0.3) is 5.56 Å². The lowest BCUT2D eigenvalue weighted by atomic mass is 10.1. The summed E-state index contributed by atoms with van der Waals surface area (Å²) in [5, 5.41) is 22.5. The van der Waals surface area contributed by atoms with Crippen molar-refractivity contribution >= 4 is 22.6 Å². The maximum absolute atomic E-state index is 15.2. The molecular formula is C26H29FN8O7. The Labute approximate surface area is 236 Å². The van der Waals surface area contributed by atoms with Gasteiger partial charge in [0.15, 0.2) is 0 Å². The van der Waals surface area contributed by atoms with Crippen molar-refractivity contribution in [1.29, 1.82) is 0 Å². The lowest BCUT2D eigenvalue weighted by molar-refractivity contribution is -0.0272. The number of pyridine rings is 1. The summed E-state index contributed by atoms with van der Waals surface area (Å²) in [6.07, 6.45) is 1.22. The molecule has 15 nitrogen and oxygen atoms in total. The third-order valence-corrected chi connectivity index (χ3v) is 7.76. The molecule has 222 valence electrons. The Hall–Kier alpha value is -4.50. The Morgan fingerprint density at radius 2 is 1.95 bits per heavy atom. The zero-order valence-corrected chi connectivity index (χ0v) is 22.6. The van der Waals surface area contributed by atoms with E-state index >= 15 is 4.39 Å². The molecule has 2 saturated heterocycles. The Kier molecular flexibility index (Phi) is 8.13. The number of H-pyrrole nitrogens is 1. The van der Waals surface area contributed by atoms with Crippen LogP contribution in [0.1, 0.15) is 35.5 Å². The van der Waals surface area contributed by atoms with E-state index in [0.29, 0.717) is 43.8 Å². The van der Waals surface area contributed by atoms with Crippen LogP contribution in [0.25, 0.3) is 21.3 Å². The van der Waals surface area contributed by atoms with E-state index in [-0.39, 0.29) is 24.0 Å². The molecule has 0 spiro atoms. The highest BCUT2D eigenvalue weighted by Gasteiger charge is 2.36. The van der Waals surface area contributed by atoms with Crippen LogP contribution < -0.4 is 21.6 Å². The van der Waals surface area contributed by atoms with Crippen LogP contribution in [0.5, 0.6) is 0 Å². The summed E-state index contributed by atoms with van der Waals surface area (Å²) >= 11 is 0. The van der Waals surface area contributed by atoms with E-state index in [9.17, 15) is 29.4 Å². The maximum atomic E-state index is 15.2. The third-order valence-electron chi connectivity index (χ3n) is 7.76. The number of rotatable bonds is 8. The van der Waals surface area contributed by atoms with Crippen LogP contribution in [0.3, 0.4) is 0 Å². The van der Waals surface area contributed by atoms with Gasteiger partial charge >= 0.3 is 11.7 Å². The molecule has 0 amide bonds. The van der Waals surface area contributed by atoms with Crippen LogP contribution in [0, 0.1) is 5.82 Å². The second kappa shape index (κ2) is 11.8. The molecule has 2 aliphatic rings. The minimum Gasteiger partial charge on any atom is -0.477 e. The van der Waals surface area contributed by atoms with Crippen molar-refractivity contribution in [3.63, 3.8) is 0 Å². The number of aromatic amines is 1. The second-order valence-corrected chi connectivity index (χ2v) is 10.2. The van der Waals surface area contributed by atoms with E-state index in [1.165, 1.54) is 17.0 Å². The summed E-state index contributed by atoms with van der Waals surface area (Å²) < 4.78 is 23.7. The quantitative estimate of drug-likeness (QED) is 0.196. The topological polar surface area (TPSA) is 199 Å². The van der Waals surface area contributed by atoms with Gasteiger partial charge in [-0.25, -0.2) is 14.0 Å². The molecule has 2 aromatic heterocycles. The zero-order valence-electron chi connectivity index (χ0n) is 22.6. The van der Waals surface area contributed by atoms with Crippen LogP contribution in [-0.4, -0.2) is 80.1 Å². The highest BCUT2D eigenvalue weighted by Crippen LogP contribution is 2.30. The molecule has 3 N–H and O–H groups in total. The van der Waals surface area contributed by atoms with Crippen molar-refractivity contribution in [2.75, 3.05) is 37.7 Å². The number of anilines is 1. The number of aromatic nitrogens is 3. The van der Waals surface area contributed by atoms with Gasteiger partial charge in [-0.15, -0.1) is 0 Å². The number of benzene rings is 1. The number of aliphatic hydroxyl groups excluding tert-OH is 1. The number of piperazine rings is 1. The fourth-order valence-electron chi connectivity index (χ4n) is 5.54. The fourth-order valence-corrected chi connectivity index (χ4v) is 5.54. The predicted molar refractivity (Wildman–Crippen MR) is 148 cm³/mol. The normalized spacial score (nSPS) is 21.0. The lowest BCUT2D eigenvalue weighted by Crippen LogP contribution is -2.47. The number of aliphatic hydroxyl groups is 1. The molecule has 5 rings (SSSR count). The number of ether oxygens (including phenoxy) is 1. The van der Waals surface area contributed by atoms with Gasteiger partial charge in [-0.1, -0.05) is 5.11 Å². The molecule has 0 aliphatic carbocycles. The van der Waals surface area contributed by atoms with Gasteiger partial charge in [0.2, 0.25) is 5.43 Å². The predicted octanol–water partition coefficient (Wildman–Crippen LogP) is 0.990. The molecule has 0 radical (unpaired) electrons. The van der Waals surface area contributed by atoms with E-state index in [0.717, 1.165) is 6.07 Å². The highest BCUT2D eigenvalue weighted by atomic mass is 19.1. The fraction of sp³-hybridized carbons (Fsp3) is 0.462. The van der Waals surface area contributed by atoms with E-state index < -0.39 is 59.0 Å². The van der Waals surface area contributed by atoms with Crippen molar-refractivity contribution in [1.82, 2.24) is 19.0 Å². The molecule has 0 bridgehead atoms. The Balaban J connectivity index is 1.33. The zero-order chi connectivity index (χ0) is 30.1. The number of azide groups is 1. The first-order valence-corrected chi connectivity index (χ1v) is 13.4. The molecule has 2 fully saturated rings. The molecule has 0 saturated carbocycles. The minimum atomic E-state index is -1.37. The average Bonchev–Trinajstić information content (AvgIpc) is 3.37. The Morgan fingerprint density at radius 3 is 2.60 bits per heavy atom. The van der Waals surface area contributed by atoms with Crippen LogP contribution in [-0.2, 0) is 17.8 Å². The summed E-state index contributed by atoms with van der Waals surface area (Å²) in [5.41, 5.74) is 7.38. The summed E-state index contributed by atoms with van der Waals surface area (Å²) in [6.45, 7) is 3.71. The number of fused-ring (bicyclic) bond motifs is 1. The van der Waals surface area contributed by atoms with Gasteiger partial charge in [-0.3, -0.25) is 24.0 Å². The maximum Gasteiger partial charge on any atom is 0.341 e. The van der Waals surface area contributed by atoms with Crippen molar-refractivity contribution < 1.29 is 24.1 Å². The average molecular weight is 585 g/mol. The van der Waals surface area contributed by atoms with Crippen molar-refractivity contribution in [2.24, 2.45) is 5.11 Å². The first kappa shape index (κ1) is 29.0. The molecular weight excluding hydrogens is 555 g/mol. The number of halogens is 1. The van der Waals surface area contributed by atoms with Gasteiger partial charge in [0.1, 0.15) is 17.6 Å². The molecule has 3 atom stereocenters. The van der Waals surface area contributed by atoms with Crippen molar-refractivity contribution in [3.05, 3.63) is 83.0 Å². The van der Waals surface area contributed by atoms with Crippen molar-refractivity contribution in [3.8, 4) is 0 Å². The number of nitrogens with one attached hydrogen (secondary N) is 1. The largest absolute Gasteiger partial charge is 0.477 e. The van der Waals surface area contributed by atoms with E-state index in [2.05, 4.69) is 15.0 Å². The van der Waals surface area contributed by atoms with Gasteiger partial charge in [0, 0.05) is 73.9 Å². The van der Waals surface area contributed by atoms with E-state index in [1.54, 1.807) is 17.6 Å². The molecule has 0 unspecified atom stereocenters. The van der Waals surface area contributed by atoms with E-state index in [4.69, 9.17) is 10.3 Å². The highest BCUT2D eigenvalue weighted by molar-refractivity contribution is 5.93. The van der Waals surface area contributed by atoms with E-state index in [1.807, 2.05) is 9.80 Å². The monoisotopic (exact) mass is 584 g/mol. The molecule has 2 aliphatic heterocycles. The number of hydrogen-bond donors (Lipinski definition) is 3. The number of hydrogen-bond acceptors (Lipinski definition) is 9. The molecule has 4 heterocycles. The second-order valence-electron chi connectivity index (χ2n) is 10.2. The van der Waals surface area contributed by atoms with Gasteiger partial charge in [-0.05, 0) is 24.6 Å². The minimum absolute atomic E-state index is 0.00622. The van der Waals surface area contributed by atoms with Gasteiger partial charge in [-0.2, -0.15) is 0 Å². The molecule has 3 aromatic rings. The van der Waals surface area contributed by atoms with Crippen LogP contribution in [0.15, 0.2) is 44.0 Å². The summed E-state index contributed by atoms with van der Waals surface area (Å²) in [7, 11) is 0. The molecule has 1 aromatic carbocycles. The first-order chi connectivity index (χ1) is 20.1. The molecule has 42 heavy (non-hydrogen) atoms. The number of carboxylic acid groups (broad SMARTS) is 1. The van der Waals surface area contributed by atoms with Gasteiger partial charge in [0.05, 0.1) is 30.0 Å². The third kappa shape index (κ3) is 5.39. The molecule has 16 heteroatoms. The summed E-state index contributed by atoms with van der Waals surface area (Å²) in [4.78, 5) is 58.1. The summed E-state index contributed by atoms with van der Waals surface area (Å²) in [6, 6.07) is 1.98. The number of carbonyl (C=O) groups is 1. The van der Waals surface area contributed by atoms with Crippen LogP contribution in [0.4, 0.5) is 10.1 Å². The number of nitrogens with zero attached hydrogens (tertiary/aromatic N) is 7. The smallest absolute Gasteiger partial charge is 0.341 e.